The number of ether oxygens (including phenoxy) is 1. The summed E-state index contributed by atoms with van der Waals surface area (Å²) in [6.45, 7) is 6.64. The maximum atomic E-state index is 12.4. The number of fused-ring (bicyclic) bond motifs is 1. The molecule has 1 aliphatic heterocycles. The Bertz CT molecular complexity index is 939. The summed E-state index contributed by atoms with van der Waals surface area (Å²) in [6.07, 6.45) is 4.36. The molecular formula is C24H30N4O2. The van der Waals surface area contributed by atoms with Gasteiger partial charge < -0.3 is 21.1 Å². The van der Waals surface area contributed by atoms with Gasteiger partial charge in [0.15, 0.2) is 5.96 Å². The first kappa shape index (κ1) is 21.4. The standard InChI is InChI=1S/C24H30N4O2/c1-4-6-12-27-23(29)18-9-7-8-16(13-18)17-10-11-22-20(14-17)21(28-24(25)26-3)15-19(5-2)30-22/h5,7-11,13-14,19,21H,2,4,6,12,15H2,1,3H3,(H,27,29)(H3,25,26,28)/t19-,21-/m0/s1. The number of benzene rings is 2. The SMILES string of the molecule is C=C[C@H]1C[C@H](N=C(N)NC)c2cc(-c3cccc(C(=O)NCCCC)c3)ccc2O1. The molecule has 2 aromatic carbocycles. The zero-order valence-corrected chi connectivity index (χ0v) is 17.7. The van der Waals surface area contributed by atoms with Crippen LogP contribution in [0.15, 0.2) is 60.1 Å². The fourth-order valence-corrected chi connectivity index (χ4v) is 3.47. The van der Waals surface area contributed by atoms with Crippen LogP contribution in [0, 0.1) is 0 Å². The lowest BCUT2D eigenvalue weighted by molar-refractivity contribution is 0.0953. The summed E-state index contributed by atoms with van der Waals surface area (Å²) in [7, 11) is 1.75. The fraction of sp³-hybridized carbons (Fsp3) is 0.333. The first-order valence-electron chi connectivity index (χ1n) is 10.4. The summed E-state index contributed by atoms with van der Waals surface area (Å²) < 4.78 is 6.02. The Morgan fingerprint density at radius 3 is 2.83 bits per heavy atom. The van der Waals surface area contributed by atoms with E-state index in [1.165, 1.54) is 0 Å². The molecule has 1 aliphatic rings. The van der Waals surface area contributed by atoms with Crippen molar-refractivity contribution in [3.05, 3.63) is 66.2 Å². The quantitative estimate of drug-likeness (QED) is 0.282. The van der Waals surface area contributed by atoms with E-state index in [0.29, 0.717) is 24.5 Å². The third-order valence-corrected chi connectivity index (χ3v) is 5.19. The Morgan fingerprint density at radius 1 is 1.30 bits per heavy atom. The van der Waals surface area contributed by atoms with Crippen LogP contribution < -0.4 is 21.1 Å². The molecule has 4 N–H and O–H groups in total. The predicted molar refractivity (Wildman–Crippen MR) is 122 cm³/mol. The Labute approximate surface area is 178 Å². The van der Waals surface area contributed by atoms with E-state index in [2.05, 4.69) is 35.2 Å². The second-order valence-corrected chi connectivity index (χ2v) is 7.35. The van der Waals surface area contributed by atoms with Crippen molar-refractivity contribution in [1.82, 2.24) is 10.6 Å². The molecule has 0 radical (unpaired) electrons. The highest BCUT2D eigenvalue weighted by atomic mass is 16.5. The lowest BCUT2D eigenvalue weighted by Crippen LogP contribution is -2.30. The number of nitrogens with one attached hydrogen (secondary N) is 2. The number of hydrogen-bond acceptors (Lipinski definition) is 3. The van der Waals surface area contributed by atoms with Crippen LogP contribution >= 0.6 is 0 Å². The molecule has 0 fully saturated rings. The zero-order valence-electron chi connectivity index (χ0n) is 17.7. The Hall–Kier alpha value is -3.28. The van der Waals surface area contributed by atoms with Crippen molar-refractivity contribution >= 4 is 11.9 Å². The normalized spacial score (nSPS) is 18.1. The maximum absolute atomic E-state index is 12.4. The molecule has 158 valence electrons. The van der Waals surface area contributed by atoms with Gasteiger partial charge in [0.2, 0.25) is 0 Å². The number of nitrogens with two attached hydrogens (primary N) is 1. The van der Waals surface area contributed by atoms with E-state index < -0.39 is 0 Å². The van der Waals surface area contributed by atoms with Gasteiger partial charge in [-0.3, -0.25) is 4.79 Å². The number of nitrogens with zero attached hydrogens (tertiary/aromatic N) is 1. The lowest BCUT2D eigenvalue weighted by atomic mass is 9.93. The van der Waals surface area contributed by atoms with Gasteiger partial charge in [0.1, 0.15) is 11.9 Å². The molecule has 0 aliphatic carbocycles. The largest absolute Gasteiger partial charge is 0.486 e. The van der Waals surface area contributed by atoms with Crippen molar-refractivity contribution in [3.63, 3.8) is 0 Å². The summed E-state index contributed by atoms with van der Waals surface area (Å²) in [5.74, 6) is 1.11. The molecule has 30 heavy (non-hydrogen) atoms. The third-order valence-electron chi connectivity index (χ3n) is 5.19. The minimum absolute atomic E-state index is 0.0512. The van der Waals surface area contributed by atoms with Crippen molar-refractivity contribution in [2.45, 2.75) is 38.3 Å². The summed E-state index contributed by atoms with van der Waals surface area (Å²) in [6, 6.07) is 13.5. The number of unbranched alkanes of at least 4 members (excludes halogenated alkanes) is 1. The molecule has 6 heteroatoms. The first-order chi connectivity index (χ1) is 14.5. The molecule has 2 aromatic rings. The number of hydrogen-bond donors (Lipinski definition) is 3. The van der Waals surface area contributed by atoms with Crippen LogP contribution in [0.2, 0.25) is 0 Å². The van der Waals surface area contributed by atoms with Crippen molar-refractivity contribution in [2.24, 2.45) is 10.7 Å². The van der Waals surface area contributed by atoms with E-state index in [0.717, 1.165) is 35.3 Å². The van der Waals surface area contributed by atoms with Gasteiger partial charge in [-0.05, 0) is 41.8 Å². The van der Waals surface area contributed by atoms with Crippen molar-refractivity contribution < 1.29 is 9.53 Å². The highest BCUT2D eigenvalue weighted by Crippen LogP contribution is 2.40. The van der Waals surface area contributed by atoms with Crippen molar-refractivity contribution in [1.29, 1.82) is 0 Å². The van der Waals surface area contributed by atoms with E-state index in [1.54, 1.807) is 13.1 Å². The number of amides is 1. The van der Waals surface area contributed by atoms with Crippen molar-refractivity contribution in [3.8, 4) is 16.9 Å². The van der Waals surface area contributed by atoms with Crippen LogP contribution in [0.1, 0.15) is 48.1 Å². The molecule has 0 unspecified atom stereocenters. The smallest absolute Gasteiger partial charge is 0.251 e. The maximum Gasteiger partial charge on any atom is 0.251 e. The molecule has 0 saturated heterocycles. The van der Waals surface area contributed by atoms with E-state index in [4.69, 9.17) is 10.5 Å². The molecule has 0 spiro atoms. The topological polar surface area (TPSA) is 88.7 Å². The van der Waals surface area contributed by atoms with Crippen LogP contribution in [0.3, 0.4) is 0 Å². The Kier molecular flexibility index (Phi) is 7.12. The average Bonchev–Trinajstić information content (AvgIpc) is 2.78. The molecule has 2 atom stereocenters. The van der Waals surface area contributed by atoms with E-state index in [9.17, 15) is 4.79 Å². The van der Waals surface area contributed by atoms with E-state index >= 15 is 0 Å². The van der Waals surface area contributed by atoms with Gasteiger partial charge in [-0.15, -0.1) is 0 Å². The van der Waals surface area contributed by atoms with Gasteiger partial charge in [-0.25, -0.2) is 4.99 Å². The van der Waals surface area contributed by atoms with Crippen LogP contribution in [0.5, 0.6) is 5.75 Å². The zero-order chi connectivity index (χ0) is 21.5. The molecular weight excluding hydrogens is 376 g/mol. The minimum Gasteiger partial charge on any atom is -0.486 e. The molecule has 1 amide bonds. The second-order valence-electron chi connectivity index (χ2n) is 7.35. The number of aliphatic imine (C=N–C) groups is 1. The van der Waals surface area contributed by atoms with Gasteiger partial charge >= 0.3 is 0 Å². The number of rotatable bonds is 7. The minimum atomic E-state index is -0.135. The number of carbonyl (C=O) groups is 1. The Morgan fingerprint density at radius 2 is 2.10 bits per heavy atom. The number of guanidine groups is 1. The summed E-state index contributed by atoms with van der Waals surface area (Å²) >= 11 is 0. The van der Waals surface area contributed by atoms with Gasteiger partial charge in [-0.2, -0.15) is 0 Å². The fourth-order valence-electron chi connectivity index (χ4n) is 3.47. The van der Waals surface area contributed by atoms with Crippen LogP contribution in [-0.2, 0) is 0 Å². The second kappa shape index (κ2) is 9.96. The van der Waals surface area contributed by atoms with E-state index in [1.807, 2.05) is 36.4 Å². The number of carbonyl (C=O) groups excluding carboxylic acids is 1. The molecule has 3 rings (SSSR count). The van der Waals surface area contributed by atoms with Crippen LogP contribution in [0.25, 0.3) is 11.1 Å². The molecule has 0 saturated carbocycles. The predicted octanol–water partition coefficient (Wildman–Crippen LogP) is 3.80. The molecule has 0 aromatic heterocycles. The summed E-state index contributed by atoms with van der Waals surface area (Å²) in [5, 5.41) is 5.85. The molecule has 1 heterocycles. The lowest BCUT2D eigenvalue weighted by Gasteiger charge is -2.29. The van der Waals surface area contributed by atoms with Gasteiger partial charge in [0, 0.05) is 31.1 Å². The van der Waals surface area contributed by atoms with Crippen LogP contribution in [-0.4, -0.2) is 31.6 Å². The van der Waals surface area contributed by atoms with Gasteiger partial charge in [0.25, 0.3) is 5.91 Å². The summed E-state index contributed by atoms with van der Waals surface area (Å²) in [4.78, 5) is 17.0. The molecule has 6 nitrogen and oxygen atoms in total. The monoisotopic (exact) mass is 406 g/mol. The Balaban J connectivity index is 1.92. The van der Waals surface area contributed by atoms with Gasteiger partial charge in [0.05, 0.1) is 6.04 Å². The highest BCUT2D eigenvalue weighted by molar-refractivity contribution is 5.95. The average molecular weight is 407 g/mol. The van der Waals surface area contributed by atoms with E-state index in [-0.39, 0.29) is 18.1 Å². The highest BCUT2D eigenvalue weighted by Gasteiger charge is 2.27. The molecule has 0 bridgehead atoms. The van der Waals surface area contributed by atoms with Crippen molar-refractivity contribution in [2.75, 3.05) is 13.6 Å². The first-order valence-corrected chi connectivity index (χ1v) is 10.4. The van der Waals surface area contributed by atoms with Crippen LogP contribution in [0.4, 0.5) is 0 Å². The third kappa shape index (κ3) is 5.00. The van der Waals surface area contributed by atoms with Gasteiger partial charge in [-0.1, -0.05) is 44.2 Å². The summed E-state index contributed by atoms with van der Waals surface area (Å²) in [5.41, 5.74) is 9.52.